The average Bonchev–Trinajstić information content (AvgIpc) is 2.45. The van der Waals surface area contributed by atoms with Gasteiger partial charge in [-0.25, -0.2) is 0 Å². The van der Waals surface area contributed by atoms with E-state index in [-0.39, 0.29) is 30.1 Å². The summed E-state index contributed by atoms with van der Waals surface area (Å²) >= 11 is 0. The Labute approximate surface area is 125 Å². The van der Waals surface area contributed by atoms with Crippen molar-refractivity contribution in [3.8, 4) is 0 Å². The number of nitrogens with two attached hydrogens (primary N) is 1. The summed E-state index contributed by atoms with van der Waals surface area (Å²) < 4.78 is 4.86. The number of esters is 1. The van der Waals surface area contributed by atoms with Gasteiger partial charge < -0.3 is 15.8 Å². The van der Waals surface area contributed by atoms with Crippen molar-refractivity contribution < 1.29 is 19.1 Å². The molecule has 1 aliphatic carbocycles. The zero-order valence-corrected chi connectivity index (χ0v) is 12.9. The molecule has 6 nitrogen and oxygen atoms in total. The molecule has 21 heavy (non-hydrogen) atoms. The third-order valence-electron chi connectivity index (χ3n) is 3.94. The van der Waals surface area contributed by atoms with Crippen molar-refractivity contribution in [3.05, 3.63) is 0 Å². The molecule has 1 saturated carbocycles. The summed E-state index contributed by atoms with van der Waals surface area (Å²) in [6.07, 6.45) is 5.00. The van der Waals surface area contributed by atoms with E-state index in [4.69, 9.17) is 10.5 Å². The van der Waals surface area contributed by atoms with Gasteiger partial charge in [0.1, 0.15) is 6.04 Å². The van der Waals surface area contributed by atoms with Crippen LogP contribution in [0, 0.1) is 11.8 Å². The van der Waals surface area contributed by atoms with Gasteiger partial charge in [-0.3, -0.25) is 14.4 Å². The van der Waals surface area contributed by atoms with Crippen LogP contribution in [0.15, 0.2) is 0 Å². The van der Waals surface area contributed by atoms with E-state index in [0.717, 1.165) is 32.1 Å². The molecule has 0 bridgehead atoms. The molecule has 6 heteroatoms. The first-order valence-electron chi connectivity index (χ1n) is 7.71. The van der Waals surface area contributed by atoms with Gasteiger partial charge in [0.15, 0.2) is 0 Å². The van der Waals surface area contributed by atoms with Crippen LogP contribution in [0.1, 0.15) is 52.4 Å². The molecular formula is C15H26N2O4. The molecule has 2 atom stereocenters. The van der Waals surface area contributed by atoms with E-state index in [1.54, 1.807) is 13.8 Å². The van der Waals surface area contributed by atoms with Gasteiger partial charge in [0, 0.05) is 5.92 Å². The van der Waals surface area contributed by atoms with Crippen molar-refractivity contribution in [3.63, 3.8) is 0 Å². The minimum absolute atomic E-state index is 0.0459. The molecule has 0 unspecified atom stereocenters. The van der Waals surface area contributed by atoms with Crippen molar-refractivity contribution >= 4 is 17.8 Å². The zero-order valence-electron chi connectivity index (χ0n) is 12.9. The fourth-order valence-electron chi connectivity index (χ4n) is 2.73. The highest BCUT2D eigenvalue weighted by atomic mass is 16.5. The molecule has 0 aliphatic heterocycles. The van der Waals surface area contributed by atoms with Gasteiger partial charge in [0.05, 0.1) is 13.0 Å². The van der Waals surface area contributed by atoms with E-state index in [2.05, 4.69) is 5.32 Å². The number of carbonyl (C=O) groups excluding carboxylic acids is 3. The molecule has 0 heterocycles. The smallest absolute Gasteiger partial charge is 0.306 e. The van der Waals surface area contributed by atoms with Crippen LogP contribution in [-0.4, -0.2) is 30.4 Å². The molecule has 1 fully saturated rings. The largest absolute Gasteiger partial charge is 0.466 e. The van der Waals surface area contributed by atoms with E-state index in [9.17, 15) is 14.4 Å². The van der Waals surface area contributed by atoms with Gasteiger partial charge in [0.25, 0.3) is 0 Å². The molecular weight excluding hydrogens is 272 g/mol. The third kappa shape index (κ3) is 5.73. The van der Waals surface area contributed by atoms with Gasteiger partial charge in [-0.2, -0.15) is 0 Å². The van der Waals surface area contributed by atoms with E-state index in [1.165, 1.54) is 0 Å². The Kier molecular flexibility index (Phi) is 7.19. The number of primary amides is 1. The Morgan fingerprint density at radius 2 is 1.86 bits per heavy atom. The number of hydrogen-bond donors (Lipinski definition) is 2. The Morgan fingerprint density at radius 1 is 1.24 bits per heavy atom. The molecule has 1 rings (SSSR count). The summed E-state index contributed by atoms with van der Waals surface area (Å²) in [6, 6.07) is -0.830. The third-order valence-corrected chi connectivity index (χ3v) is 3.94. The number of nitrogens with one attached hydrogen (secondary N) is 1. The fraction of sp³-hybridized carbons (Fsp3) is 0.800. The van der Waals surface area contributed by atoms with Gasteiger partial charge in [-0.05, 0) is 25.7 Å². The average molecular weight is 298 g/mol. The SMILES string of the molecule is CCOC(=O)C[C@H](C)[C@H](NC(=O)C1CCCCC1)C(N)=O. The van der Waals surface area contributed by atoms with Crippen LogP contribution >= 0.6 is 0 Å². The highest BCUT2D eigenvalue weighted by Gasteiger charge is 2.30. The molecule has 0 aromatic heterocycles. The van der Waals surface area contributed by atoms with Crippen LogP contribution < -0.4 is 11.1 Å². The Bertz CT molecular complexity index is 378. The molecule has 0 aromatic rings. The quantitative estimate of drug-likeness (QED) is 0.688. The number of amides is 2. The standard InChI is InChI=1S/C15H26N2O4/c1-3-21-12(18)9-10(2)13(14(16)19)17-15(20)11-7-5-4-6-8-11/h10-11,13H,3-9H2,1-2H3,(H2,16,19)(H,17,20)/t10-,13-/m0/s1. The molecule has 2 amide bonds. The maximum Gasteiger partial charge on any atom is 0.306 e. The molecule has 120 valence electrons. The van der Waals surface area contributed by atoms with Crippen molar-refractivity contribution in [2.24, 2.45) is 17.6 Å². The zero-order chi connectivity index (χ0) is 15.8. The van der Waals surface area contributed by atoms with Gasteiger partial charge in [0.2, 0.25) is 11.8 Å². The molecule has 0 radical (unpaired) electrons. The maximum atomic E-state index is 12.2. The minimum Gasteiger partial charge on any atom is -0.466 e. The first-order valence-corrected chi connectivity index (χ1v) is 7.71. The second-order valence-electron chi connectivity index (χ2n) is 5.71. The Balaban J connectivity index is 2.57. The lowest BCUT2D eigenvalue weighted by Gasteiger charge is -2.26. The van der Waals surface area contributed by atoms with Crippen molar-refractivity contribution in [2.45, 2.75) is 58.4 Å². The highest BCUT2D eigenvalue weighted by Crippen LogP contribution is 2.24. The summed E-state index contributed by atoms with van der Waals surface area (Å²) in [4.78, 5) is 35.2. The van der Waals surface area contributed by atoms with Crippen molar-refractivity contribution in [2.75, 3.05) is 6.61 Å². The number of carbonyl (C=O) groups is 3. The minimum atomic E-state index is -0.830. The van der Waals surface area contributed by atoms with Crippen LogP contribution in [0.25, 0.3) is 0 Å². The first-order chi connectivity index (χ1) is 9.95. The van der Waals surface area contributed by atoms with E-state index in [0.29, 0.717) is 6.61 Å². The van der Waals surface area contributed by atoms with Gasteiger partial charge in [-0.1, -0.05) is 26.2 Å². The lowest BCUT2D eigenvalue weighted by molar-refractivity contribution is -0.145. The summed E-state index contributed by atoms with van der Waals surface area (Å²) in [6.45, 7) is 3.73. The van der Waals surface area contributed by atoms with Gasteiger partial charge >= 0.3 is 5.97 Å². The van der Waals surface area contributed by atoms with Crippen LogP contribution in [0.3, 0.4) is 0 Å². The normalized spacial score (nSPS) is 18.6. The second kappa shape index (κ2) is 8.64. The van der Waals surface area contributed by atoms with Crippen LogP contribution in [0.4, 0.5) is 0 Å². The molecule has 1 aliphatic rings. The fourth-order valence-corrected chi connectivity index (χ4v) is 2.73. The highest BCUT2D eigenvalue weighted by molar-refractivity contribution is 5.88. The monoisotopic (exact) mass is 298 g/mol. The van der Waals surface area contributed by atoms with Crippen LogP contribution in [0.5, 0.6) is 0 Å². The second-order valence-corrected chi connectivity index (χ2v) is 5.71. The first kappa shape index (κ1) is 17.5. The van der Waals surface area contributed by atoms with E-state index in [1.807, 2.05) is 0 Å². The number of rotatable bonds is 7. The molecule has 3 N–H and O–H groups in total. The van der Waals surface area contributed by atoms with Crippen LogP contribution in [-0.2, 0) is 19.1 Å². The van der Waals surface area contributed by atoms with E-state index < -0.39 is 11.9 Å². The molecule has 0 aromatic carbocycles. The number of hydrogen-bond acceptors (Lipinski definition) is 4. The van der Waals surface area contributed by atoms with E-state index >= 15 is 0 Å². The molecule has 0 saturated heterocycles. The predicted molar refractivity (Wildman–Crippen MR) is 78.1 cm³/mol. The predicted octanol–water partition coefficient (Wildman–Crippen LogP) is 1.13. The molecule has 0 spiro atoms. The lowest BCUT2D eigenvalue weighted by Crippen LogP contribution is -2.50. The van der Waals surface area contributed by atoms with Gasteiger partial charge in [-0.15, -0.1) is 0 Å². The topological polar surface area (TPSA) is 98.5 Å². The Morgan fingerprint density at radius 3 is 2.38 bits per heavy atom. The summed E-state index contributed by atoms with van der Waals surface area (Å²) in [5.74, 6) is -1.56. The summed E-state index contributed by atoms with van der Waals surface area (Å²) in [7, 11) is 0. The summed E-state index contributed by atoms with van der Waals surface area (Å²) in [5, 5.41) is 2.71. The number of ether oxygens (including phenoxy) is 1. The van der Waals surface area contributed by atoms with Crippen LogP contribution in [0.2, 0.25) is 0 Å². The van der Waals surface area contributed by atoms with Crippen molar-refractivity contribution in [1.29, 1.82) is 0 Å². The Hall–Kier alpha value is -1.59. The van der Waals surface area contributed by atoms with Crippen molar-refractivity contribution in [1.82, 2.24) is 5.32 Å². The lowest BCUT2D eigenvalue weighted by atomic mass is 9.88. The maximum absolute atomic E-state index is 12.2. The summed E-state index contributed by atoms with van der Waals surface area (Å²) in [5.41, 5.74) is 5.36.